The van der Waals surface area contributed by atoms with Crippen LogP contribution in [0.1, 0.15) is 20.8 Å². The van der Waals surface area contributed by atoms with Gasteiger partial charge in [0.25, 0.3) is 0 Å². The summed E-state index contributed by atoms with van der Waals surface area (Å²) in [4.78, 5) is 31.8. The minimum absolute atomic E-state index is 0.0937. The lowest BCUT2D eigenvalue weighted by Gasteiger charge is -2.17. The molecule has 0 saturated heterocycles. The summed E-state index contributed by atoms with van der Waals surface area (Å²) >= 11 is 0. The molecule has 0 aromatic heterocycles. The number of hydrogen-bond acceptors (Lipinski definition) is 7. The molecule has 7 heteroatoms. The molecule has 0 bridgehead atoms. The lowest BCUT2D eigenvalue weighted by molar-refractivity contribution is -0.335. The number of ether oxygens (including phenoxy) is 3. The second-order valence-corrected chi connectivity index (χ2v) is 4.62. The molecule has 0 aromatic carbocycles. The number of carbonyl (C=O) groups is 2. The SMILES string of the molecule is C=CC(=O)OCC(C)OCC(C)OOCC(C)OC(=O)C=C. The molecule has 3 atom stereocenters. The van der Waals surface area contributed by atoms with Crippen molar-refractivity contribution in [2.75, 3.05) is 19.8 Å². The Hall–Kier alpha value is -1.70. The van der Waals surface area contributed by atoms with Gasteiger partial charge in [0.05, 0.1) is 12.7 Å². The second kappa shape index (κ2) is 11.9. The zero-order valence-corrected chi connectivity index (χ0v) is 13.3. The number of esters is 2. The first-order valence-corrected chi connectivity index (χ1v) is 6.91. The van der Waals surface area contributed by atoms with Crippen LogP contribution in [0.2, 0.25) is 0 Å². The normalized spacial score (nSPS) is 14.5. The van der Waals surface area contributed by atoms with E-state index in [2.05, 4.69) is 13.2 Å². The fraction of sp³-hybridized carbons (Fsp3) is 0.600. The average molecular weight is 316 g/mol. The van der Waals surface area contributed by atoms with Gasteiger partial charge in [-0.15, -0.1) is 0 Å². The molecule has 0 rings (SSSR count). The van der Waals surface area contributed by atoms with Crippen molar-refractivity contribution in [1.29, 1.82) is 0 Å². The summed E-state index contributed by atoms with van der Waals surface area (Å²) < 4.78 is 15.2. The highest BCUT2D eigenvalue weighted by atomic mass is 17.2. The molecule has 126 valence electrons. The first kappa shape index (κ1) is 20.3. The Bertz CT molecular complexity index is 367. The van der Waals surface area contributed by atoms with E-state index in [4.69, 9.17) is 24.0 Å². The van der Waals surface area contributed by atoms with Crippen LogP contribution < -0.4 is 0 Å². The van der Waals surface area contributed by atoms with Crippen molar-refractivity contribution in [1.82, 2.24) is 0 Å². The zero-order chi connectivity index (χ0) is 17.0. The van der Waals surface area contributed by atoms with E-state index in [1.165, 1.54) is 0 Å². The fourth-order valence-corrected chi connectivity index (χ4v) is 1.17. The van der Waals surface area contributed by atoms with E-state index in [-0.39, 0.29) is 32.0 Å². The van der Waals surface area contributed by atoms with E-state index in [1.807, 2.05) is 0 Å². The molecular formula is C15H24O7. The molecule has 0 aliphatic carbocycles. The minimum Gasteiger partial charge on any atom is -0.460 e. The van der Waals surface area contributed by atoms with Crippen LogP contribution in [0.3, 0.4) is 0 Å². The van der Waals surface area contributed by atoms with Crippen LogP contribution in [0, 0.1) is 0 Å². The molecule has 0 fully saturated rings. The minimum atomic E-state index is -0.518. The Morgan fingerprint density at radius 1 is 0.909 bits per heavy atom. The van der Waals surface area contributed by atoms with Crippen LogP contribution >= 0.6 is 0 Å². The third-order valence-corrected chi connectivity index (χ3v) is 2.26. The Morgan fingerprint density at radius 2 is 1.55 bits per heavy atom. The highest BCUT2D eigenvalue weighted by molar-refractivity contribution is 5.81. The molecule has 0 heterocycles. The molecule has 0 aromatic rings. The van der Waals surface area contributed by atoms with E-state index >= 15 is 0 Å². The van der Waals surface area contributed by atoms with Crippen molar-refractivity contribution in [2.45, 2.75) is 39.1 Å². The topological polar surface area (TPSA) is 80.3 Å². The zero-order valence-electron chi connectivity index (χ0n) is 13.3. The standard InChI is InChI=1S/C15H24O7/c1-6-14(16)19-8-11(3)18-9-13(5)22-20-10-12(4)21-15(17)7-2/h6-7,11-13H,1-2,8-10H2,3-5H3. The summed E-state index contributed by atoms with van der Waals surface area (Å²) in [5, 5.41) is 0. The summed E-state index contributed by atoms with van der Waals surface area (Å²) in [6.45, 7) is 12.3. The van der Waals surface area contributed by atoms with Crippen molar-refractivity contribution in [2.24, 2.45) is 0 Å². The van der Waals surface area contributed by atoms with Gasteiger partial charge in [0, 0.05) is 12.2 Å². The predicted octanol–water partition coefficient (Wildman–Crippen LogP) is 1.58. The summed E-state index contributed by atoms with van der Waals surface area (Å²) in [7, 11) is 0. The maximum Gasteiger partial charge on any atom is 0.330 e. The van der Waals surface area contributed by atoms with Gasteiger partial charge in [-0.3, -0.25) is 0 Å². The predicted molar refractivity (Wildman–Crippen MR) is 78.8 cm³/mol. The molecule has 0 aliphatic rings. The third-order valence-electron chi connectivity index (χ3n) is 2.26. The van der Waals surface area contributed by atoms with Crippen LogP contribution in [0.4, 0.5) is 0 Å². The van der Waals surface area contributed by atoms with Gasteiger partial charge in [0.1, 0.15) is 25.4 Å². The monoisotopic (exact) mass is 316 g/mol. The van der Waals surface area contributed by atoms with Gasteiger partial charge in [0.15, 0.2) is 0 Å². The van der Waals surface area contributed by atoms with E-state index < -0.39 is 18.0 Å². The van der Waals surface area contributed by atoms with E-state index in [9.17, 15) is 9.59 Å². The fourth-order valence-electron chi connectivity index (χ4n) is 1.17. The Labute approximate surface area is 130 Å². The van der Waals surface area contributed by atoms with Crippen LogP contribution in [-0.4, -0.2) is 50.1 Å². The van der Waals surface area contributed by atoms with Crippen molar-refractivity contribution in [3.8, 4) is 0 Å². The van der Waals surface area contributed by atoms with E-state index in [0.29, 0.717) is 0 Å². The highest BCUT2D eigenvalue weighted by Gasteiger charge is 2.11. The summed E-state index contributed by atoms with van der Waals surface area (Å²) in [6, 6.07) is 0. The molecule has 0 amide bonds. The Balaban J connectivity index is 3.70. The van der Waals surface area contributed by atoms with Gasteiger partial charge < -0.3 is 14.2 Å². The van der Waals surface area contributed by atoms with Gasteiger partial charge >= 0.3 is 11.9 Å². The molecule has 3 unspecified atom stereocenters. The molecular weight excluding hydrogens is 292 g/mol. The maximum absolute atomic E-state index is 10.9. The number of hydrogen-bond donors (Lipinski definition) is 0. The smallest absolute Gasteiger partial charge is 0.330 e. The first-order chi connectivity index (χ1) is 10.4. The Morgan fingerprint density at radius 3 is 2.14 bits per heavy atom. The van der Waals surface area contributed by atoms with Crippen LogP contribution in [0.5, 0.6) is 0 Å². The summed E-state index contributed by atoms with van der Waals surface area (Å²) in [5.41, 5.74) is 0. The molecule has 0 N–H and O–H groups in total. The van der Waals surface area contributed by atoms with Crippen LogP contribution in [0.15, 0.2) is 25.3 Å². The molecule has 0 aliphatic heterocycles. The van der Waals surface area contributed by atoms with Crippen molar-refractivity contribution >= 4 is 11.9 Å². The second-order valence-electron chi connectivity index (χ2n) is 4.62. The third kappa shape index (κ3) is 11.0. The summed E-state index contributed by atoms with van der Waals surface area (Å²) in [5.74, 6) is -1.01. The molecule has 22 heavy (non-hydrogen) atoms. The van der Waals surface area contributed by atoms with Gasteiger partial charge in [0.2, 0.25) is 0 Å². The molecule has 0 radical (unpaired) electrons. The summed E-state index contributed by atoms with van der Waals surface area (Å²) in [6.07, 6.45) is 1.11. The van der Waals surface area contributed by atoms with Gasteiger partial charge in [-0.2, -0.15) is 0 Å². The molecule has 0 saturated carbocycles. The van der Waals surface area contributed by atoms with Gasteiger partial charge in [-0.25, -0.2) is 19.4 Å². The molecule has 7 nitrogen and oxygen atoms in total. The van der Waals surface area contributed by atoms with Crippen molar-refractivity contribution in [3.63, 3.8) is 0 Å². The highest BCUT2D eigenvalue weighted by Crippen LogP contribution is 2.01. The lowest BCUT2D eigenvalue weighted by atomic mass is 10.4. The van der Waals surface area contributed by atoms with E-state index in [0.717, 1.165) is 12.2 Å². The first-order valence-electron chi connectivity index (χ1n) is 6.91. The molecule has 0 spiro atoms. The average Bonchev–Trinajstić information content (AvgIpc) is 2.50. The quantitative estimate of drug-likeness (QED) is 0.234. The van der Waals surface area contributed by atoms with Crippen molar-refractivity contribution < 1.29 is 33.6 Å². The lowest BCUT2D eigenvalue weighted by Crippen LogP contribution is -2.26. The Kier molecular flexibility index (Phi) is 11.0. The number of carbonyl (C=O) groups excluding carboxylic acids is 2. The van der Waals surface area contributed by atoms with Gasteiger partial charge in [-0.05, 0) is 20.8 Å². The van der Waals surface area contributed by atoms with E-state index in [1.54, 1.807) is 20.8 Å². The number of rotatable bonds is 12. The van der Waals surface area contributed by atoms with Crippen LogP contribution in [-0.2, 0) is 33.6 Å². The van der Waals surface area contributed by atoms with Crippen molar-refractivity contribution in [3.05, 3.63) is 25.3 Å². The van der Waals surface area contributed by atoms with Crippen LogP contribution in [0.25, 0.3) is 0 Å². The van der Waals surface area contributed by atoms with Gasteiger partial charge in [-0.1, -0.05) is 13.2 Å². The largest absolute Gasteiger partial charge is 0.460 e. The maximum atomic E-state index is 10.9.